The molecule has 1 saturated carbocycles. The molecule has 1 atom stereocenters. The van der Waals surface area contributed by atoms with Gasteiger partial charge in [0.2, 0.25) is 0 Å². The lowest BCUT2D eigenvalue weighted by atomic mass is 9.98. The number of halogens is 3. The van der Waals surface area contributed by atoms with Crippen LogP contribution >= 0.6 is 15.9 Å². The third kappa shape index (κ3) is 3.27. The number of aryl methyl sites for hydroxylation is 1. The lowest BCUT2D eigenvalue weighted by Gasteiger charge is -2.16. The van der Waals surface area contributed by atoms with Crippen LogP contribution in [0.3, 0.4) is 0 Å². The lowest BCUT2D eigenvalue weighted by Crippen LogP contribution is -2.12. The van der Waals surface area contributed by atoms with Gasteiger partial charge in [0, 0.05) is 4.83 Å². The zero-order chi connectivity index (χ0) is 12.3. The molecule has 94 valence electrons. The quantitative estimate of drug-likeness (QED) is 0.697. The summed E-state index contributed by atoms with van der Waals surface area (Å²) in [6, 6.07) is 4.42. The summed E-state index contributed by atoms with van der Waals surface area (Å²) in [6.45, 7) is 0. The lowest BCUT2D eigenvalue weighted by molar-refractivity contribution is 0.481. The molecule has 0 heterocycles. The Morgan fingerprint density at radius 2 is 1.94 bits per heavy atom. The van der Waals surface area contributed by atoms with Crippen molar-refractivity contribution in [2.75, 3.05) is 0 Å². The Bertz CT molecular complexity index is 372. The Labute approximate surface area is 110 Å². The average molecular weight is 303 g/mol. The van der Waals surface area contributed by atoms with Gasteiger partial charge in [-0.2, -0.15) is 0 Å². The Morgan fingerprint density at radius 3 is 2.65 bits per heavy atom. The standard InChI is InChI=1S/C14H17BrF2/c15-12(10-4-1-2-5-10)9-8-11-6-3-7-13(16)14(11)17/h3,6-7,10,12H,1-2,4-5,8-9H2. The molecule has 0 saturated heterocycles. The van der Waals surface area contributed by atoms with Gasteiger partial charge in [0.25, 0.3) is 0 Å². The van der Waals surface area contributed by atoms with E-state index in [-0.39, 0.29) is 0 Å². The smallest absolute Gasteiger partial charge is 0.162 e. The number of hydrogen-bond acceptors (Lipinski definition) is 0. The van der Waals surface area contributed by atoms with E-state index >= 15 is 0 Å². The van der Waals surface area contributed by atoms with Crippen LogP contribution in [-0.2, 0) is 6.42 Å². The van der Waals surface area contributed by atoms with E-state index < -0.39 is 11.6 Å². The highest BCUT2D eigenvalue weighted by atomic mass is 79.9. The minimum Gasteiger partial charge on any atom is -0.204 e. The van der Waals surface area contributed by atoms with E-state index in [2.05, 4.69) is 15.9 Å². The van der Waals surface area contributed by atoms with Gasteiger partial charge in [0.05, 0.1) is 0 Å². The van der Waals surface area contributed by atoms with Gasteiger partial charge >= 0.3 is 0 Å². The Kier molecular flexibility index (Phi) is 4.55. The van der Waals surface area contributed by atoms with E-state index in [1.54, 1.807) is 12.1 Å². The Hall–Kier alpha value is -0.440. The molecule has 3 heteroatoms. The second-order valence-electron chi connectivity index (χ2n) is 4.81. The van der Waals surface area contributed by atoms with Gasteiger partial charge in [-0.05, 0) is 43.2 Å². The first-order chi connectivity index (χ1) is 8.18. The predicted molar refractivity (Wildman–Crippen MR) is 69.4 cm³/mol. The SMILES string of the molecule is Fc1cccc(CCC(Br)C2CCCC2)c1F. The molecular formula is C14H17BrF2. The number of benzene rings is 1. The molecule has 1 aromatic rings. The van der Waals surface area contributed by atoms with Crippen molar-refractivity contribution in [2.24, 2.45) is 5.92 Å². The Balaban J connectivity index is 1.90. The van der Waals surface area contributed by atoms with Crippen molar-refractivity contribution in [3.05, 3.63) is 35.4 Å². The van der Waals surface area contributed by atoms with E-state index in [4.69, 9.17) is 0 Å². The van der Waals surface area contributed by atoms with Gasteiger partial charge in [0.15, 0.2) is 11.6 Å². The molecule has 0 radical (unpaired) electrons. The summed E-state index contributed by atoms with van der Waals surface area (Å²) < 4.78 is 26.5. The summed E-state index contributed by atoms with van der Waals surface area (Å²) in [7, 11) is 0. The fourth-order valence-corrected chi connectivity index (χ4v) is 3.35. The molecule has 1 aromatic carbocycles. The average Bonchev–Trinajstić information content (AvgIpc) is 2.84. The first-order valence-corrected chi connectivity index (χ1v) is 7.17. The van der Waals surface area contributed by atoms with Crippen LogP contribution < -0.4 is 0 Å². The first-order valence-electron chi connectivity index (χ1n) is 6.25. The number of rotatable bonds is 4. The molecule has 0 bridgehead atoms. The molecule has 0 amide bonds. The van der Waals surface area contributed by atoms with Crippen LogP contribution in [0.2, 0.25) is 0 Å². The Morgan fingerprint density at radius 1 is 1.24 bits per heavy atom. The predicted octanol–water partition coefficient (Wildman–Crippen LogP) is 4.85. The normalized spacial score (nSPS) is 18.5. The molecular weight excluding hydrogens is 286 g/mol. The minimum absolute atomic E-state index is 0.438. The van der Waals surface area contributed by atoms with Crippen molar-refractivity contribution in [2.45, 2.75) is 43.4 Å². The van der Waals surface area contributed by atoms with Crippen molar-refractivity contribution < 1.29 is 8.78 Å². The molecule has 0 spiro atoms. The molecule has 1 aliphatic rings. The van der Waals surface area contributed by atoms with Gasteiger partial charge in [-0.3, -0.25) is 0 Å². The molecule has 0 nitrogen and oxygen atoms in total. The third-order valence-corrected chi connectivity index (χ3v) is 4.84. The van der Waals surface area contributed by atoms with Gasteiger partial charge in [-0.1, -0.05) is 40.9 Å². The third-order valence-electron chi connectivity index (χ3n) is 3.63. The van der Waals surface area contributed by atoms with Crippen molar-refractivity contribution in [1.82, 2.24) is 0 Å². The summed E-state index contributed by atoms with van der Waals surface area (Å²) in [5, 5.41) is 0. The second-order valence-corrected chi connectivity index (χ2v) is 5.99. The zero-order valence-electron chi connectivity index (χ0n) is 9.76. The molecule has 0 N–H and O–H groups in total. The molecule has 0 aliphatic heterocycles. The van der Waals surface area contributed by atoms with E-state index in [0.717, 1.165) is 6.42 Å². The van der Waals surface area contributed by atoms with Crippen LogP contribution in [0.25, 0.3) is 0 Å². The van der Waals surface area contributed by atoms with Crippen LogP contribution in [0.5, 0.6) is 0 Å². The maximum Gasteiger partial charge on any atom is 0.162 e. The zero-order valence-corrected chi connectivity index (χ0v) is 11.3. The molecule has 2 rings (SSSR count). The maximum atomic E-state index is 13.4. The molecule has 17 heavy (non-hydrogen) atoms. The minimum atomic E-state index is -0.741. The van der Waals surface area contributed by atoms with Crippen LogP contribution in [0.1, 0.15) is 37.7 Å². The largest absolute Gasteiger partial charge is 0.204 e. The monoisotopic (exact) mass is 302 g/mol. The van der Waals surface area contributed by atoms with Crippen molar-refractivity contribution in [3.63, 3.8) is 0 Å². The van der Waals surface area contributed by atoms with Gasteiger partial charge in [-0.15, -0.1) is 0 Å². The summed E-state index contributed by atoms with van der Waals surface area (Å²) >= 11 is 3.69. The highest BCUT2D eigenvalue weighted by Gasteiger charge is 2.22. The van der Waals surface area contributed by atoms with Crippen molar-refractivity contribution >= 4 is 15.9 Å². The van der Waals surface area contributed by atoms with Crippen molar-refractivity contribution in [3.8, 4) is 0 Å². The fraction of sp³-hybridized carbons (Fsp3) is 0.571. The van der Waals surface area contributed by atoms with Crippen LogP contribution in [0, 0.1) is 17.6 Å². The van der Waals surface area contributed by atoms with Gasteiger partial charge in [0.1, 0.15) is 0 Å². The first kappa shape index (κ1) is 13.0. The summed E-state index contributed by atoms with van der Waals surface area (Å²) in [4.78, 5) is 0.438. The summed E-state index contributed by atoms with van der Waals surface area (Å²) in [5.41, 5.74) is 0.493. The second kappa shape index (κ2) is 5.94. The topological polar surface area (TPSA) is 0 Å². The van der Waals surface area contributed by atoms with E-state index in [1.165, 1.54) is 31.7 Å². The molecule has 1 unspecified atom stereocenters. The van der Waals surface area contributed by atoms with Gasteiger partial charge < -0.3 is 0 Å². The van der Waals surface area contributed by atoms with Gasteiger partial charge in [-0.25, -0.2) is 8.78 Å². The highest BCUT2D eigenvalue weighted by molar-refractivity contribution is 9.09. The molecule has 1 aliphatic carbocycles. The number of hydrogen-bond donors (Lipinski definition) is 0. The van der Waals surface area contributed by atoms with Crippen LogP contribution in [-0.4, -0.2) is 4.83 Å². The summed E-state index contributed by atoms with van der Waals surface area (Å²) in [5.74, 6) is -0.709. The summed E-state index contributed by atoms with van der Waals surface area (Å²) in [6.07, 6.45) is 6.63. The van der Waals surface area contributed by atoms with Crippen molar-refractivity contribution in [1.29, 1.82) is 0 Å². The van der Waals surface area contributed by atoms with E-state index in [9.17, 15) is 8.78 Å². The van der Waals surface area contributed by atoms with E-state index in [1.807, 2.05) is 0 Å². The van der Waals surface area contributed by atoms with E-state index in [0.29, 0.717) is 22.7 Å². The number of alkyl halides is 1. The maximum absolute atomic E-state index is 13.4. The fourth-order valence-electron chi connectivity index (χ4n) is 2.59. The molecule has 0 aromatic heterocycles. The van der Waals surface area contributed by atoms with Crippen LogP contribution in [0.4, 0.5) is 8.78 Å². The van der Waals surface area contributed by atoms with Crippen LogP contribution in [0.15, 0.2) is 18.2 Å². The highest BCUT2D eigenvalue weighted by Crippen LogP contribution is 2.33. The molecule has 1 fully saturated rings.